The first-order valence-electron chi connectivity index (χ1n) is 7.24. The molecule has 0 aromatic rings. The summed E-state index contributed by atoms with van der Waals surface area (Å²) in [6, 6.07) is 0. The van der Waals surface area contributed by atoms with E-state index in [1.165, 1.54) is 6.42 Å². The van der Waals surface area contributed by atoms with Crippen LogP contribution in [0.5, 0.6) is 0 Å². The third-order valence-corrected chi connectivity index (χ3v) is 2.86. The van der Waals surface area contributed by atoms with Crippen LogP contribution in [0.1, 0.15) is 46.5 Å². The van der Waals surface area contributed by atoms with Crippen LogP contribution in [0.2, 0.25) is 0 Å². The fourth-order valence-electron chi connectivity index (χ4n) is 1.51. The largest absolute Gasteiger partial charge is 0.459 e. The van der Waals surface area contributed by atoms with E-state index in [1.807, 2.05) is 13.8 Å². The van der Waals surface area contributed by atoms with Crippen LogP contribution >= 0.6 is 0 Å². The molecule has 0 aromatic carbocycles. The smallest absolute Gasteiger partial charge is 0.407 e. The Morgan fingerprint density at radius 2 is 1.95 bits per heavy atom. The Bertz CT molecular complexity index is 302. The molecule has 0 aliphatic rings. The maximum Gasteiger partial charge on any atom is 0.407 e. The molecule has 1 N–H and O–H groups in total. The first kappa shape index (κ1) is 18.5. The van der Waals surface area contributed by atoms with Gasteiger partial charge in [0, 0.05) is 12.6 Å². The molecule has 0 aliphatic carbocycles. The number of carbonyl (C=O) groups excluding carboxylic acids is 2. The van der Waals surface area contributed by atoms with Gasteiger partial charge in [0.15, 0.2) is 0 Å². The number of ether oxygens (including phenoxy) is 2. The number of unbranched alkanes of at least 4 members (excludes halogenated alkanes) is 3. The number of nitrogens with one attached hydrogen (secondary N) is 1. The zero-order valence-corrected chi connectivity index (χ0v) is 12.8. The van der Waals surface area contributed by atoms with Crippen LogP contribution in [-0.2, 0) is 14.3 Å². The van der Waals surface area contributed by atoms with Crippen LogP contribution in [0.3, 0.4) is 0 Å². The molecule has 0 saturated heterocycles. The van der Waals surface area contributed by atoms with E-state index in [-0.39, 0.29) is 12.5 Å². The molecule has 0 spiro atoms. The Labute approximate surface area is 121 Å². The fraction of sp³-hybridized carbons (Fsp3) is 0.733. The van der Waals surface area contributed by atoms with Crippen LogP contribution in [0.15, 0.2) is 12.7 Å². The van der Waals surface area contributed by atoms with E-state index < -0.39 is 18.2 Å². The lowest BCUT2D eigenvalue weighted by Gasteiger charge is -2.21. The zero-order valence-electron chi connectivity index (χ0n) is 12.8. The summed E-state index contributed by atoms with van der Waals surface area (Å²) in [5.74, 6) is -0.447. The van der Waals surface area contributed by atoms with Gasteiger partial charge in [-0.3, -0.25) is 0 Å². The molecule has 1 amide bonds. The molecule has 0 radical (unpaired) electrons. The van der Waals surface area contributed by atoms with Gasteiger partial charge in [0.1, 0.15) is 12.7 Å². The number of esters is 1. The summed E-state index contributed by atoms with van der Waals surface area (Å²) in [6.45, 7) is 9.92. The summed E-state index contributed by atoms with van der Waals surface area (Å²) in [4.78, 5) is 22.6. The number of hydrogen-bond acceptors (Lipinski definition) is 4. The van der Waals surface area contributed by atoms with Crippen molar-refractivity contribution in [3.8, 4) is 0 Å². The Balaban J connectivity index is 3.95. The lowest BCUT2D eigenvalue weighted by atomic mass is 10.1. The van der Waals surface area contributed by atoms with Crippen LogP contribution in [0.4, 0.5) is 4.79 Å². The monoisotopic (exact) mass is 285 g/mol. The second-order valence-corrected chi connectivity index (χ2v) is 5.01. The average molecular weight is 285 g/mol. The minimum absolute atomic E-state index is 0.0474. The third-order valence-electron chi connectivity index (χ3n) is 2.86. The molecule has 5 nitrogen and oxygen atoms in total. The van der Waals surface area contributed by atoms with Gasteiger partial charge in [0.05, 0.1) is 0 Å². The van der Waals surface area contributed by atoms with Gasteiger partial charge in [-0.1, -0.05) is 46.6 Å². The minimum Gasteiger partial charge on any atom is -0.459 e. The molecule has 1 atom stereocenters. The Morgan fingerprint density at radius 1 is 1.25 bits per heavy atom. The fourth-order valence-corrected chi connectivity index (χ4v) is 1.51. The Hall–Kier alpha value is -1.52. The van der Waals surface area contributed by atoms with Gasteiger partial charge in [0.2, 0.25) is 0 Å². The lowest BCUT2D eigenvalue weighted by molar-refractivity contribution is -0.141. The predicted octanol–water partition coefficient (Wildman–Crippen LogP) is 3.05. The van der Waals surface area contributed by atoms with Crippen molar-refractivity contribution in [2.45, 2.75) is 52.6 Å². The second kappa shape index (κ2) is 11.3. The topological polar surface area (TPSA) is 64.6 Å². The molecule has 0 bridgehead atoms. The molecule has 5 heteroatoms. The number of carbonyl (C=O) groups is 2. The second-order valence-electron chi connectivity index (χ2n) is 5.01. The average Bonchev–Trinajstić information content (AvgIpc) is 2.42. The molecule has 0 aliphatic heterocycles. The van der Waals surface area contributed by atoms with Crippen LogP contribution in [0.25, 0.3) is 0 Å². The van der Waals surface area contributed by atoms with Gasteiger partial charge >= 0.3 is 12.1 Å². The van der Waals surface area contributed by atoms with E-state index in [1.54, 1.807) is 0 Å². The van der Waals surface area contributed by atoms with E-state index in [4.69, 9.17) is 9.47 Å². The maximum absolute atomic E-state index is 11.6. The van der Waals surface area contributed by atoms with E-state index >= 15 is 0 Å². The van der Waals surface area contributed by atoms with E-state index in [0.717, 1.165) is 25.3 Å². The van der Waals surface area contributed by atoms with Gasteiger partial charge in [-0.25, -0.2) is 9.59 Å². The van der Waals surface area contributed by atoms with Crippen LogP contribution in [0, 0.1) is 5.92 Å². The van der Waals surface area contributed by atoms with Crippen LogP contribution in [-0.4, -0.2) is 31.3 Å². The normalized spacial score (nSPS) is 11.8. The van der Waals surface area contributed by atoms with Gasteiger partial charge in [-0.2, -0.15) is 0 Å². The van der Waals surface area contributed by atoms with E-state index in [0.29, 0.717) is 6.54 Å². The maximum atomic E-state index is 11.6. The van der Waals surface area contributed by atoms with Crippen molar-refractivity contribution in [3.63, 3.8) is 0 Å². The number of hydrogen-bond donors (Lipinski definition) is 1. The lowest BCUT2D eigenvalue weighted by Crippen LogP contribution is -2.35. The highest BCUT2D eigenvalue weighted by atomic mass is 16.6. The molecular formula is C15H27NO4. The zero-order chi connectivity index (χ0) is 15.4. The van der Waals surface area contributed by atoms with Gasteiger partial charge in [0.25, 0.3) is 0 Å². The minimum atomic E-state index is -0.515. The first-order chi connectivity index (χ1) is 9.51. The highest BCUT2D eigenvalue weighted by molar-refractivity contribution is 5.81. The molecule has 1 unspecified atom stereocenters. The standard InChI is InChI=1S/C15H27NO4/c1-5-7-8-9-10-16-15(18)20-13(12(3)4)11-19-14(17)6-2/h6,12-13H,2,5,7-11H2,1,3-4H3,(H,16,18). The van der Waals surface area contributed by atoms with Gasteiger partial charge in [-0.05, 0) is 12.3 Å². The molecule has 0 rings (SSSR count). The first-order valence-corrected chi connectivity index (χ1v) is 7.24. The highest BCUT2D eigenvalue weighted by Crippen LogP contribution is 2.08. The quantitative estimate of drug-likeness (QED) is 0.380. The van der Waals surface area contributed by atoms with Crippen molar-refractivity contribution < 1.29 is 19.1 Å². The van der Waals surface area contributed by atoms with E-state index in [2.05, 4.69) is 18.8 Å². The predicted molar refractivity (Wildman–Crippen MR) is 78.4 cm³/mol. The molecule has 0 aromatic heterocycles. The van der Waals surface area contributed by atoms with Gasteiger partial charge in [-0.15, -0.1) is 0 Å². The highest BCUT2D eigenvalue weighted by Gasteiger charge is 2.19. The van der Waals surface area contributed by atoms with E-state index in [9.17, 15) is 9.59 Å². The number of amides is 1. The summed E-state index contributed by atoms with van der Waals surface area (Å²) in [7, 11) is 0. The number of rotatable bonds is 10. The van der Waals surface area contributed by atoms with Crippen molar-refractivity contribution in [3.05, 3.63) is 12.7 Å². The number of alkyl carbamates (subject to hydrolysis) is 1. The van der Waals surface area contributed by atoms with Gasteiger partial charge < -0.3 is 14.8 Å². The SMILES string of the molecule is C=CC(=O)OCC(OC(=O)NCCCCCC)C(C)C. The Kier molecular flexibility index (Phi) is 10.5. The summed E-state index contributed by atoms with van der Waals surface area (Å²) < 4.78 is 10.2. The third kappa shape index (κ3) is 9.42. The molecule has 116 valence electrons. The summed E-state index contributed by atoms with van der Waals surface area (Å²) in [5.41, 5.74) is 0. The van der Waals surface area contributed by atoms with Crippen molar-refractivity contribution in [2.75, 3.05) is 13.2 Å². The van der Waals surface area contributed by atoms with Crippen molar-refractivity contribution >= 4 is 12.1 Å². The van der Waals surface area contributed by atoms with Crippen molar-refractivity contribution in [2.24, 2.45) is 5.92 Å². The molecular weight excluding hydrogens is 258 g/mol. The van der Waals surface area contributed by atoms with Crippen molar-refractivity contribution in [1.29, 1.82) is 0 Å². The Morgan fingerprint density at radius 3 is 2.50 bits per heavy atom. The molecule has 0 heterocycles. The molecule has 0 fully saturated rings. The molecule has 0 saturated carbocycles. The summed E-state index contributed by atoms with van der Waals surface area (Å²) in [6.07, 6.45) is 4.55. The summed E-state index contributed by atoms with van der Waals surface area (Å²) in [5, 5.41) is 2.71. The molecule has 20 heavy (non-hydrogen) atoms. The van der Waals surface area contributed by atoms with Crippen LogP contribution < -0.4 is 5.32 Å². The summed E-state index contributed by atoms with van der Waals surface area (Å²) >= 11 is 0. The van der Waals surface area contributed by atoms with Crippen molar-refractivity contribution in [1.82, 2.24) is 5.32 Å².